The zero-order valence-corrected chi connectivity index (χ0v) is 15.5. The summed E-state index contributed by atoms with van der Waals surface area (Å²) in [6.07, 6.45) is 5.11. The fourth-order valence-corrected chi connectivity index (χ4v) is 5.56. The Kier molecular flexibility index (Phi) is 4.12. The first-order chi connectivity index (χ1) is 10.0. The van der Waals surface area contributed by atoms with Crippen LogP contribution in [0.2, 0.25) is 17.3 Å². The molecular weight excluding hydrogens is 315 g/mol. The molecule has 0 aliphatic heterocycles. The van der Waals surface area contributed by atoms with Crippen molar-refractivity contribution >= 4 is 29.0 Å². The van der Waals surface area contributed by atoms with E-state index in [2.05, 4.69) is 65.1 Å². The second-order valence-corrected chi connectivity index (χ2v) is 17.8. The summed E-state index contributed by atoms with van der Waals surface area (Å²) in [5.74, 6) is 7.32. The standard InChI is InChI=1S/C19H25GeN/c1-20(2,3)16-11-13-17(14-12-16)21-19-10-6-8-15-7-4-5-9-18(15)19/h6,8,10-14,21H,4-5,7,9H2,1-3H3. The zero-order chi connectivity index (χ0) is 14.9. The molecule has 1 aliphatic rings. The van der Waals surface area contributed by atoms with E-state index in [1.807, 2.05) is 0 Å². The van der Waals surface area contributed by atoms with Crippen molar-refractivity contribution in [1.82, 2.24) is 0 Å². The molecule has 0 spiro atoms. The van der Waals surface area contributed by atoms with Crippen LogP contribution in [0.5, 0.6) is 0 Å². The first kappa shape index (κ1) is 14.7. The predicted octanol–water partition coefficient (Wildman–Crippen LogP) is 4.85. The number of nitrogens with one attached hydrogen (secondary N) is 1. The summed E-state index contributed by atoms with van der Waals surface area (Å²) in [4.78, 5) is 0. The summed E-state index contributed by atoms with van der Waals surface area (Å²) in [6.45, 7) is 0. The Bertz CT molecular complexity index is 623. The summed E-state index contributed by atoms with van der Waals surface area (Å²) in [5, 5.41) is 3.63. The number of hydrogen-bond donors (Lipinski definition) is 1. The van der Waals surface area contributed by atoms with Crippen molar-refractivity contribution < 1.29 is 0 Å². The molecule has 2 aromatic rings. The van der Waals surface area contributed by atoms with Crippen molar-refractivity contribution in [3.63, 3.8) is 0 Å². The molecule has 0 radical (unpaired) electrons. The van der Waals surface area contributed by atoms with E-state index in [1.54, 1.807) is 4.40 Å². The van der Waals surface area contributed by atoms with Crippen LogP contribution in [0.25, 0.3) is 0 Å². The first-order valence-electron chi connectivity index (χ1n) is 8.02. The van der Waals surface area contributed by atoms with Crippen LogP contribution in [0.4, 0.5) is 11.4 Å². The Balaban J connectivity index is 1.84. The molecule has 21 heavy (non-hydrogen) atoms. The van der Waals surface area contributed by atoms with Crippen LogP contribution >= 0.6 is 0 Å². The summed E-state index contributed by atoms with van der Waals surface area (Å²) in [7, 11) is 0. The van der Waals surface area contributed by atoms with Crippen molar-refractivity contribution in [2.24, 2.45) is 0 Å². The molecule has 3 rings (SSSR count). The predicted molar refractivity (Wildman–Crippen MR) is 95.8 cm³/mol. The number of fused-ring (bicyclic) bond motifs is 1. The molecule has 1 N–H and O–H groups in total. The molecule has 1 aliphatic carbocycles. The fourth-order valence-electron chi connectivity index (χ4n) is 3.11. The number of aryl methyl sites for hydroxylation is 1. The molecule has 0 saturated carbocycles. The molecule has 0 atom stereocenters. The molecular formula is C19H25GeN. The molecule has 110 valence electrons. The molecule has 0 saturated heterocycles. The maximum absolute atomic E-state index is 3.63. The second-order valence-electron chi connectivity index (χ2n) is 7.10. The summed E-state index contributed by atoms with van der Waals surface area (Å²) >= 11 is -1.69. The molecule has 1 nitrogen and oxygen atoms in total. The van der Waals surface area contributed by atoms with E-state index in [9.17, 15) is 0 Å². The Labute approximate surface area is 131 Å². The number of hydrogen-bond acceptors (Lipinski definition) is 1. The van der Waals surface area contributed by atoms with Crippen LogP contribution in [0.3, 0.4) is 0 Å². The van der Waals surface area contributed by atoms with Gasteiger partial charge in [-0.3, -0.25) is 0 Å². The summed E-state index contributed by atoms with van der Waals surface area (Å²) in [5.41, 5.74) is 5.58. The molecule has 2 aromatic carbocycles. The van der Waals surface area contributed by atoms with E-state index in [-0.39, 0.29) is 0 Å². The van der Waals surface area contributed by atoms with Crippen molar-refractivity contribution in [1.29, 1.82) is 0 Å². The van der Waals surface area contributed by atoms with E-state index in [1.165, 1.54) is 48.2 Å². The van der Waals surface area contributed by atoms with E-state index < -0.39 is 13.3 Å². The minimum atomic E-state index is -1.69. The molecule has 2 heteroatoms. The van der Waals surface area contributed by atoms with E-state index in [0.717, 1.165) is 0 Å². The first-order valence-corrected chi connectivity index (χ1v) is 15.4. The van der Waals surface area contributed by atoms with Crippen LogP contribution in [0.1, 0.15) is 24.0 Å². The molecule has 0 fully saturated rings. The summed E-state index contributed by atoms with van der Waals surface area (Å²) < 4.78 is 1.57. The van der Waals surface area contributed by atoms with Crippen LogP contribution in [-0.4, -0.2) is 13.3 Å². The molecule has 0 unspecified atom stereocenters. The number of anilines is 2. The van der Waals surface area contributed by atoms with Crippen molar-refractivity contribution in [2.75, 3.05) is 5.32 Å². The summed E-state index contributed by atoms with van der Waals surface area (Å²) in [6, 6.07) is 15.8. The van der Waals surface area contributed by atoms with Crippen LogP contribution in [0, 0.1) is 0 Å². The van der Waals surface area contributed by atoms with Gasteiger partial charge in [0.2, 0.25) is 0 Å². The second kappa shape index (κ2) is 5.88. The van der Waals surface area contributed by atoms with Gasteiger partial charge in [0.15, 0.2) is 0 Å². The normalized spacial score (nSPS) is 14.6. The zero-order valence-electron chi connectivity index (χ0n) is 13.4. The quantitative estimate of drug-likeness (QED) is 0.788. The third kappa shape index (κ3) is 3.34. The van der Waals surface area contributed by atoms with E-state index in [0.29, 0.717) is 0 Å². The van der Waals surface area contributed by atoms with Gasteiger partial charge in [-0.2, -0.15) is 0 Å². The third-order valence-electron chi connectivity index (χ3n) is 4.43. The van der Waals surface area contributed by atoms with Crippen molar-refractivity contribution in [2.45, 2.75) is 43.0 Å². The Morgan fingerprint density at radius 1 is 0.857 bits per heavy atom. The topological polar surface area (TPSA) is 12.0 Å². The van der Waals surface area contributed by atoms with Crippen LogP contribution in [0.15, 0.2) is 42.5 Å². The molecule has 0 bridgehead atoms. The van der Waals surface area contributed by atoms with Gasteiger partial charge < -0.3 is 0 Å². The average Bonchev–Trinajstić information content (AvgIpc) is 2.47. The van der Waals surface area contributed by atoms with Gasteiger partial charge in [-0.1, -0.05) is 0 Å². The van der Waals surface area contributed by atoms with Gasteiger partial charge >= 0.3 is 131 Å². The van der Waals surface area contributed by atoms with Crippen molar-refractivity contribution in [3.05, 3.63) is 53.6 Å². The minimum absolute atomic E-state index is 1.21. The van der Waals surface area contributed by atoms with Crippen LogP contribution < -0.4 is 9.71 Å². The Morgan fingerprint density at radius 2 is 1.57 bits per heavy atom. The van der Waals surface area contributed by atoms with Gasteiger partial charge in [0.25, 0.3) is 0 Å². The van der Waals surface area contributed by atoms with Gasteiger partial charge in [-0.15, -0.1) is 0 Å². The third-order valence-corrected chi connectivity index (χ3v) is 8.76. The van der Waals surface area contributed by atoms with Gasteiger partial charge in [0.05, 0.1) is 0 Å². The van der Waals surface area contributed by atoms with Crippen LogP contribution in [-0.2, 0) is 12.8 Å². The van der Waals surface area contributed by atoms with E-state index >= 15 is 0 Å². The van der Waals surface area contributed by atoms with E-state index in [4.69, 9.17) is 0 Å². The molecule has 0 heterocycles. The SMILES string of the molecule is [CH3][Ge]([CH3])([CH3])[c]1ccc(Nc2cccc3c2CCCC3)cc1. The average molecular weight is 340 g/mol. The molecule has 0 aromatic heterocycles. The number of rotatable bonds is 3. The number of benzene rings is 2. The van der Waals surface area contributed by atoms with Gasteiger partial charge in [0, 0.05) is 0 Å². The fraction of sp³-hybridized carbons (Fsp3) is 0.368. The molecule has 0 amide bonds. The monoisotopic (exact) mass is 341 g/mol. The van der Waals surface area contributed by atoms with Gasteiger partial charge in [-0.25, -0.2) is 0 Å². The van der Waals surface area contributed by atoms with Gasteiger partial charge in [-0.05, 0) is 0 Å². The Morgan fingerprint density at radius 3 is 2.29 bits per heavy atom. The van der Waals surface area contributed by atoms with Gasteiger partial charge in [0.1, 0.15) is 0 Å². The Hall–Kier alpha value is -1.22. The maximum atomic E-state index is 3.63. The van der Waals surface area contributed by atoms with Crippen molar-refractivity contribution in [3.8, 4) is 0 Å².